The van der Waals surface area contributed by atoms with Crippen molar-refractivity contribution in [1.82, 2.24) is 4.90 Å². The maximum atomic E-state index is 10.7. The van der Waals surface area contributed by atoms with Gasteiger partial charge in [-0.2, -0.15) is 0 Å². The van der Waals surface area contributed by atoms with Gasteiger partial charge in [0.25, 0.3) is 0 Å². The summed E-state index contributed by atoms with van der Waals surface area (Å²) in [7, 11) is 0. The summed E-state index contributed by atoms with van der Waals surface area (Å²) in [6.45, 7) is 4.92. The number of hydrogen-bond acceptors (Lipinski definition) is 4. The Hall–Kier alpha value is -0.710. The Bertz CT molecular complexity index is 332. The minimum atomic E-state index is 0.859. The van der Waals surface area contributed by atoms with E-state index in [-0.39, 0.29) is 0 Å². The van der Waals surface area contributed by atoms with Gasteiger partial charge in [0.1, 0.15) is 0 Å². The number of aldehydes is 1. The van der Waals surface area contributed by atoms with E-state index in [2.05, 4.69) is 11.0 Å². The first-order valence-electron chi connectivity index (χ1n) is 5.72. The highest BCUT2D eigenvalue weighted by Gasteiger charge is 2.10. The number of nitrogens with zero attached hydrogens (tertiary/aromatic N) is 1. The summed E-state index contributed by atoms with van der Waals surface area (Å²) in [5, 5.41) is 1.99. The molecule has 0 atom stereocenters. The smallest absolute Gasteiger partial charge is 0.160 e. The molecule has 0 unspecified atom stereocenters. The van der Waals surface area contributed by atoms with E-state index in [1.807, 2.05) is 5.38 Å². The summed E-state index contributed by atoms with van der Waals surface area (Å²) >= 11 is 1.53. The molecule has 1 fully saturated rings. The molecule has 0 amide bonds. The molecule has 88 valence electrons. The molecular weight excluding hydrogens is 222 g/mol. The molecule has 0 saturated carbocycles. The van der Waals surface area contributed by atoms with Crippen molar-refractivity contribution in [3.63, 3.8) is 0 Å². The molecule has 0 N–H and O–H groups in total. The molecule has 4 heteroatoms. The van der Waals surface area contributed by atoms with Gasteiger partial charge in [-0.3, -0.25) is 9.69 Å². The van der Waals surface area contributed by atoms with E-state index in [1.165, 1.54) is 16.9 Å². The Morgan fingerprint density at radius 1 is 1.44 bits per heavy atom. The maximum Gasteiger partial charge on any atom is 0.160 e. The first-order chi connectivity index (χ1) is 7.90. The molecule has 1 aromatic heterocycles. The van der Waals surface area contributed by atoms with Crippen LogP contribution in [0.25, 0.3) is 0 Å². The molecule has 1 aromatic rings. The van der Waals surface area contributed by atoms with Crippen LogP contribution in [0.15, 0.2) is 11.4 Å². The van der Waals surface area contributed by atoms with Gasteiger partial charge in [0.2, 0.25) is 0 Å². The molecule has 3 nitrogen and oxygen atoms in total. The molecular formula is C12H17NO2S. The van der Waals surface area contributed by atoms with Crippen molar-refractivity contribution < 1.29 is 9.53 Å². The second kappa shape index (κ2) is 6.13. The topological polar surface area (TPSA) is 29.5 Å². The molecule has 1 aliphatic rings. The van der Waals surface area contributed by atoms with Crippen molar-refractivity contribution in [2.24, 2.45) is 0 Å². The molecule has 16 heavy (non-hydrogen) atoms. The largest absolute Gasteiger partial charge is 0.379 e. The molecule has 0 aromatic carbocycles. The average molecular weight is 239 g/mol. The van der Waals surface area contributed by atoms with Gasteiger partial charge in [0.05, 0.1) is 18.1 Å². The average Bonchev–Trinajstić information content (AvgIpc) is 2.78. The van der Waals surface area contributed by atoms with Gasteiger partial charge < -0.3 is 4.74 Å². The number of carbonyl (C=O) groups excluding carboxylic acids is 1. The van der Waals surface area contributed by atoms with Crippen LogP contribution in [0.3, 0.4) is 0 Å². The van der Waals surface area contributed by atoms with E-state index in [1.54, 1.807) is 0 Å². The van der Waals surface area contributed by atoms with E-state index in [4.69, 9.17) is 4.74 Å². The van der Waals surface area contributed by atoms with E-state index in [9.17, 15) is 4.79 Å². The van der Waals surface area contributed by atoms with Gasteiger partial charge in [-0.25, -0.2) is 0 Å². The molecule has 0 radical (unpaired) electrons. The van der Waals surface area contributed by atoms with Gasteiger partial charge >= 0.3 is 0 Å². The lowest BCUT2D eigenvalue weighted by Crippen LogP contribution is -2.36. The van der Waals surface area contributed by atoms with Crippen molar-refractivity contribution in [3.8, 4) is 0 Å². The molecule has 2 rings (SSSR count). The third kappa shape index (κ3) is 3.14. The highest BCUT2D eigenvalue weighted by molar-refractivity contribution is 7.11. The lowest BCUT2D eigenvalue weighted by atomic mass is 10.1. The number of ether oxygens (including phenoxy) is 1. The Balaban J connectivity index is 1.73. The zero-order valence-corrected chi connectivity index (χ0v) is 10.2. The van der Waals surface area contributed by atoms with E-state index < -0.39 is 0 Å². The Labute approximate surface area is 100 Å². The Morgan fingerprint density at radius 3 is 3.00 bits per heavy atom. The summed E-state index contributed by atoms with van der Waals surface area (Å²) in [5.74, 6) is 0. The normalized spacial score (nSPS) is 17.5. The fourth-order valence-electron chi connectivity index (χ4n) is 1.98. The summed E-state index contributed by atoms with van der Waals surface area (Å²) in [6, 6.07) is 2.06. The van der Waals surface area contributed by atoms with Crippen LogP contribution in [0.2, 0.25) is 0 Å². The van der Waals surface area contributed by atoms with Gasteiger partial charge in [-0.15, -0.1) is 11.3 Å². The minimum absolute atomic E-state index is 0.859. The number of carbonyl (C=O) groups is 1. The molecule has 1 saturated heterocycles. The minimum Gasteiger partial charge on any atom is -0.379 e. The van der Waals surface area contributed by atoms with Gasteiger partial charge in [-0.1, -0.05) is 0 Å². The van der Waals surface area contributed by atoms with Crippen LogP contribution in [-0.4, -0.2) is 44.0 Å². The second-order valence-electron chi connectivity index (χ2n) is 3.99. The fraction of sp³-hybridized carbons (Fsp3) is 0.583. The number of morpholine rings is 1. The number of rotatable bonds is 5. The molecule has 1 aliphatic heterocycles. The fourth-order valence-corrected chi connectivity index (χ4v) is 2.73. The predicted molar refractivity (Wildman–Crippen MR) is 65.3 cm³/mol. The zero-order chi connectivity index (χ0) is 11.2. The molecule has 2 heterocycles. The van der Waals surface area contributed by atoms with Crippen molar-refractivity contribution >= 4 is 17.6 Å². The highest BCUT2D eigenvalue weighted by Crippen LogP contribution is 2.16. The summed E-state index contributed by atoms with van der Waals surface area (Å²) < 4.78 is 5.30. The monoisotopic (exact) mass is 239 g/mol. The summed E-state index contributed by atoms with van der Waals surface area (Å²) in [6.07, 6.45) is 3.10. The van der Waals surface area contributed by atoms with Crippen LogP contribution in [-0.2, 0) is 11.2 Å². The predicted octanol–water partition coefficient (Wildman–Crippen LogP) is 1.83. The summed E-state index contributed by atoms with van der Waals surface area (Å²) in [4.78, 5) is 14.1. The number of thiophene rings is 1. The molecule has 0 bridgehead atoms. The van der Waals surface area contributed by atoms with Gasteiger partial charge in [0.15, 0.2) is 6.29 Å². The third-order valence-corrected chi connectivity index (χ3v) is 3.80. The van der Waals surface area contributed by atoms with Crippen LogP contribution in [0.1, 0.15) is 21.7 Å². The van der Waals surface area contributed by atoms with Crippen LogP contribution < -0.4 is 0 Å². The maximum absolute atomic E-state index is 10.7. The van der Waals surface area contributed by atoms with Crippen molar-refractivity contribution in [3.05, 3.63) is 21.9 Å². The van der Waals surface area contributed by atoms with E-state index >= 15 is 0 Å². The van der Waals surface area contributed by atoms with E-state index in [0.29, 0.717) is 0 Å². The molecule has 0 aliphatic carbocycles. The first-order valence-corrected chi connectivity index (χ1v) is 6.60. The molecule has 0 spiro atoms. The van der Waals surface area contributed by atoms with E-state index in [0.717, 1.165) is 56.9 Å². The Kier molecular flexibility index (Phi) is 4.51. The van der Waals surface area contributed by atoms with Crippen LogP contribution in [0, 0.1) is 0 Å². The number of hydrogen-bond donors (Lipinski definition) is 0. The van der Waals surface area contributed by atoms with Crippen LogP contribution in [0.5, 0.6) is 0 Å². The Morgan fingerprint density at radius 2 is 2.25 bits per heavy atom. The quantitative estimate of drug-likeness (QED) is 0.734. The highest BCUT2D eigenvalue weighted by atomic mass is 32.1. The first kappa shape index (κ1) is 11.8. The van der Waals surface area contributed by atoms with Crippen molar-refractivity contribution in [1.29, 1.82) is 0 Å². The SMILES string of the molecule is O=Cc1sccc1CCCN1CCOCC1. The van der Waals surface area contributed by atoms with Gasteiger partial charge in [-0.05, 0) is 36.4 Å². The van der Waals surface area contributed by atoms with Crippen molar-refractivity contribution in [2.45, 2.75) is 12.8 Å². The van der Waals surface area contributed by atoms with Gasteiger partial charge in [0, 0.05) is 13.1 Å². The number of aryl methyl sites for hydroxylation is 1. The standard InChI is InChI=1S/C12H17NO2S/c14-10-12-11(3-9-16-12)2-1-4-13-5-7-15-8-6-13/h3,9-10H,1-2,4-8H2. The third-order valence-electron chi connectivity index (χ3n) is 2.91. The second-order valence-corrected chi connectivity index (χ2v) is 4.93. The van der Waals surface area contributed by atoms with Crippen LogP contribution >= 0.6 is 11.3 Å². The van der Waals surface area contributed by atoms with Crippen LogP contribution in [0.4, 0.5) is 0 Å². The lowest BCUT2D eigenvalue weighted by molar-refractivity contribution is 0.0375. The summed E-state index contributed by atoms with van der Waals surface area (Å²) in [5.41, 5.74) is 1.20. The zero-order valence-electron chi connectivity index (χ0n) is 9.35. The lowest BCUT2D eigenvalue weighted by Gasteiger charge is -2.26. The van der Waals surface area contributed by atoms with Crippen molar-refractivity contribution in [2.75, 3.05) is 32.8 Å².